The molecule has 5 rings (SSSR count). The highest BCUT2D eigenvalue weighted by atomic mass is 15.2. The molecule has 28 heavy (non-hydrogen) atoms. The van der Waals surface area contributed by atoms with Crippen LogP contribution in [0.4, 0.5) is 17.6 Å². The molecule has 1 saturated heterocycles. The van der Waals surface area contributed by atoms with Gasteiger partial charge in [-0.2, -0.15) is 10.1 Å². The number of hydrogen-bond donors (Lipinski definition) is 3. The number of nitrogens with zero attached hydrogens (tertiary/aromatic N) is 4. The second-order valence-corrected chi connectivity index (χ2v) is 9.17. The molecule has 7 heteroatoms. The Kier molecular flexibility index (Phi) is 4.70. The molecule has 3 aliphatic rings. The number of likely N-dealkylation sites (tertiary alicyclic amines) is 1. The van der Waals surface area contributed by atoms with Gasteiger partial charge in [0, 0.05) is 43.0 Å². The van der Waals surface area contributed by atoms with Crippen LogP contribution in [0.15, 0.2) is 18.3 Å². The van der Waals surface area contributed by atoms with Crippen LogP contribution in [0.25, 0.3) is 0 Å². The molecular weight excluding hydrogens is 350 g/mol. The number of aromatic nitrogens is 4. The Morgan fingerprint density at radius 1 is 1.11 bits per heavy atom. The van der Waals surface area contributed by atoms with E-state index in [9.17, 15) is 0 Å². The number of aromatic amines is 1. The fraction of sp³-hybridized carbons (Fsp3) is 0.667. The highest BCUT2D eigenvalue weighted by Gasteiger charge is 2.43. The molecule has 2 aromatic heterocycles. The summed E-state index contributed by atoms with van der Waals surface area (Å²) in [6.07, 6.45) is 12.0. The van der Waals surface area contributed by atoms with E-state index in [1.54, 1.807) is 0 Å². The van der Waals surface area contributed by atoms with Crippen LogP contribution in [0, 0.1) is 5.41 Å². The Labute approximate surface area is 166 Å². The zero-order chi connectivity index (χ0) is 19.0. The first-order chi connectivity index (χ1) is 13.7. The molecule has 150 valence electrons. The molecule has 0 bridgehead atoms. The number of anilines is 3. The minimum atomic E-state index is 0.478. The second-order valence-electron chi connectivity index (χ2n) is 9.17. The van der Waals surface area contributed by atoms with E-state index in [0.29, 0.717) is 23.3 Å². The molecule has 3 N–H and O–H groups in total. The highest BCUT2D eigenvalue weighted by Crippen LogP contribution is 2.43. The van der Waals surface area contributed by atoms with Gasteiger partial charge >= 0.3 is 0 Å². The maximum Gasteiger partial charge on any atom is 0.224 e. The van der Waals surface area contributed by atoms with Gasteiger partial charge in [-0.15, -0.1) is 0 Å². The molecule has 3 fully saturated rings. The van der Waals surface area contributed by atoms with Gasteiger partial charge in [0.2, 0.25) is 5.95 Å². The summed E-state index contributed by atoms with van der Waals surface area (Å²) in [6.45, 7) is 2.53. The van der Waals surface area contributed by atoms with Crippen LogP contribution in [0.2, 0.25) is 0 Å². The normalized spacial score (nSPS) is 23.0. The van der Waals surface area contributed by atoms with Gasteiger partial charge in [0.15, 0.2) is 5.82 Å². The van der Waals surface area contributed by atoms with Gasteiger partial charge in [-0.3, -0.25) is 5.10 Å². The predicted molar refractivity (Wildman–Crippen MR) is 111 cm³/mol. The zero-order valence-electron chi connectivity index (χ0n) is 16.7. The third-order valence-corrected chi connectivity index (χ3v) is 6.89. The molecule has 7 nitrogen and oxygen atoms in total. The summed E-state index contributed by atoms with van der Waals surface area (Å²) in [7, 11) is 2.22. The molecule has 0 aromatic carbocycles. The quantitative estimate of drug-likeness (QED) is 0.729. The standard InChI is InChI=1S/C21H31N7/c1-28-13-21(14-28)9-6-16(7-10-21)23-20-22-11-8-18(25-20)24-19-12-17(26-27-19)15-4-2-3-5-15/h8,11-12,15-16H,2-7,9-10,13-14H2,1H3,(H3,22,23,24,25,26,27). The van der Waals surface area contributed by atoms with Gasteiger partial charge in [-0.1, -0.05) is 12.8 Å². The predicted octanol–water partition coefficient (Wildman–Crippen LogP) is 3.89. The maximum absolute atomic E-state index is 4.66. The van der Waals surface area contributed by atoms with Gasteiger partial charge < -0.3 is 15.5 Å². The summed E-state index contributed by atoms with van der Waals surface area (Å²) in [4.78, 5) is 11.5. The lowest BCUT2D eigenvalue weighted by Crippen LogP contribution is -2.56. The molecule has 2 aromatic rings. The largest absolute Gasteiger partial charge is 0.351 e. The van der Waals surface area contributed by atoms with Crippen LogP contribution in [0.3, 0.4) is 0 Å². The average molecular weight is 382 g/mol. The summed E-state index contributed by atoms with van der Waals surface area (Å²) in [5, 5.41) is 14.5. The van der Waals surface area contributed by atoms with E-state index in [2.05, 4.69) is 48.8 Å². The Hall–Kier alpha value is -2.15. The molecule has 2 aliphatic carbocycles. The van der Waals surface area contributed by atoms with Crippen molar-refractivity contribution in [2.45, 2.75) is 63.3 Å². The second kappa shape index (κ2) is 7.35. The van der Waals surface area contributed by atoms with E-state index < -0.39 is 0 Å². The molecule has 0 radical (unpaired) electrons. The minimum absolute atomic E-state index is 0.478. The Morgan fingerprint density at radius 3 is 2.64 bits per heavy atom. The summed E-state index contributed by atoms with van der Waals surface area (Å²) >= 11 is 0. The summed E-state index contributed by atoms with van der Waals surface area (Å²) in [6, 6.07) is 4.50. The first-order valence-corrected chi connectivity index (χ1v) is 10.8. The molecule has 0 amide bonds. The van der Waals surface area contributed by atoms with E-state index in [-0.39, 0.29) is 0 Å². The first kappa shape index (κ1) is 17.9. The van der Waals surface area contributed by atoms with Gasteiger partial charge in [0.05, 0.1) is 0 Å². The number of hydrogen-bond acceptors (Lipinski definition) is 6. The topological polar surface area (TPSA) is 81.8 Å². The number of H-pyrrole nitrogens is 1. The van der Waals surface area contributed by atoms with Crippen LogP contribution in [-0.2, 0) is 0 Å². The fourth-order valence-electron chi connectivity index (χ4n) is 5.45. The molecule has 1 spiro atoms. The van der Waals surface area contributed by atoms with E-state index in [1.165, 1.54) is 70.2 Å². The van der Waals surface area contributed by atoms with Gasteiger partial charge in [0.1, 0.15) is 5.82 Å². The summed E-state index contributed by atoms with van der Waals surface area (Å²) in [5.41, 5.74) is 1.83. The lowest BCUT2D eigenvalue weighted by molar-refractivity contribution is -0.0117. The molecule has 3 heterocycles. The van der Waals surface area contributed by atoms with Crippen molar-refractivity contribution in [3.63, 3.8) is 0 Å². The van der Waals surface area contributed by atoms with Gasteiger partial charge in [-0.05, 0) is 57.1 Å². The van der Waals surface area contributed by atoms with Crippen LogP contribution in [-0.4, -0.2) is 51.2 Å². The highest BCUT2D eigenvalue weighted by molar-refractivity contribution is 5.53. The third kappa shape index (κ3) is 3.72. The van der Waals surface area contributed by atoms with Crippen molar-refractivity contribution >= 4 is 17.6 Å². The van der Waals surface area contributed by atoms with Crippen molar-refractivity contribution in [2.24, 2.45) is 5.41 Å². The molecule has 2 saturated carbocycles. The Bertz CT molecular complexity index is 795. The number of nitrogens with one attached hydrogen (secondary N) is 3. The summed E-state index contributed by atoms with van der Waals surface area (Å²) in [5.74, 6) is 2.97. The van der Waals surface area contributed by atoms with Gasteiger partial charge in [-0.25, -0.2) is 4.98 Å². The molecule has 0 atom stereocenters. The lowest BCUT2D eigenvalue weighted by Gasteiger charge is -2.52. The third-order valence-electron chi connectivity index (χ3n) is 6.89. The zero-order valence-corrected chi connectivity index (χ0v) is 16.7. The molecular formula is C21H31N7. The monoisotopic (exact) mass is 381 g/mol. The fourth-order valence-corrected chi connectivity index (χ4v) is 5.45. The lowest BCUT2D eigenvalue weighted by atomic mass is 9.67. The van der Waals surface area contributed by atoms with Crippen molar-refractivity contribution in [2.75, 3.05) is 30.8 Å². The molecule has 1 aliphatic heterocycles. The van der Waals surface area contributed by atoms with Gasteiger partial charge in [0.25, 0.3) is 0 Å². The first-order valence-electron chi connectivity index (χ1n) is 10.8. The van der Waals surface area contributed by atoms with E-state index in [0.717, 1.165) is 11.6 Å². The smallest absolute Gasteiger partial charge is 0.224 e. The van der Waals surface area contributed by atoms with Crippen molar-refractivity contribution < 1.29 is 0 Å². The van der Waals surface area contributed by atoms with Crippen LogP contribution in [0.5, 0.6) is 0 Å². The minimum Gasteiger partial charge on any atom is -0.351 e. The van der Waals surface area contributed by atoms with E-state index in [4.69, 9.17) is 0 Å². The van der Waals surface area contributed by atoms with Crippen molar-refractivity contribution in [3.8, 4) is 0 Å². The van der Waals surface area contributed by atoms with Crippen molar-refractivity contribution in [1.82, 2.24) is 25.1 Å². The van der Waals surface area contributed by atoms with Crippen LogP contribution in [0.1, 0.15) is 63.0 Å². The SMILES string of the molecule is CN1CC2(CCC(Nc3nccc(Nc4cc(C5CCCC5)[nH]n4)n3)CC2)C1. The summed E-state index contributed by atoms with van der Waals surface area (Å²) < 4.78 is 0. The number of rotatable bonds is 5. The van der Waals surface area contributed by atoms with E-state index >= 15 is 0 Å². The van der Waals surface area contributed by atoms with Crippen LogP contribution >= 0.6 is 0 Å². The molecule has 0 unspecified atom stereocenters. The van der Waals surface area contributed by atoms with Crippen molar-refractivity contribution in [1.29, 1.82) is 0 Å². The Balaban J connectivity index is 1.17. The van der Waals surface area contributed by atoms with E-state index in [1.807, 2.05) is 12.3 Å². The maximum atomic E-state index is 4.66. The average Bonchev–Trinajstić information content (AvgIpc) is 3.34. The van der Waals surface area contributed by atoms with Crippen molar-refractivity contribution in [3.05, 3.63) is 24.0 Å². The van der Waals surface area contributed by atoms with Crippen LogP contribution < -0.4 is 10.6 Å². The Morgan fingerprint density at radius 2 is 1.89 bits per heavy atom.